The number of aromatic nitrogens is 2. The van der Waals surface area contributed by atoms with Crippen molar-refractivity contribution in [2.45, 2.75) is 26.9 Å². The number of hydrogen-bond donors (Lipinski definition) is 1. The lowest BCUT2D eigenvalue weighted by atomic mass is 10.2. The van der Waals surface area contributed by atoms with E-state index in [1.807, 2.05) is 6.20 Å². The molecule has 2 aromatic rings. The van der Waals surface area contributed by atoms with E-state index in [-0.39, 0.29) is 0 Å². The van der Waals surface area contributed by atoms with Crippen LogP contribution in [-0.2, 0) is 13.1 Å². The molecule has 0 aliphatic rings. The third-order valence-corrected chi connectivity index (χ3v) is 4.31. The number of nitrogens with one attached hydrogen (secondary N) is 1. The summed E-state index contributed by atoms with van der Waals surface area (Å²) in [6, 6.07) is 4.22. The Kier molecular flexibility index (Phi) is 4.36. The van der Waals surface area contributed by atoms with Gasteiger partial charge in [0.1, 0.15) is 0 Å². The van der Waals surface area contributed by atoms with Gasteiger partial charge in [0.15, 0.2) is 0 Å². The predicted octanol–water partition coefficient (Wildman–Crippen LogP) is 3.17. The molecule has 2 rings (SSSR count). The fourth-order valence-corrected chi connectivity index (χ4v) is 3.13. The summed E-state index contributed by atoms with van der Waals surface area (Å²) in [7, 11) is 0. The van der Waals surface area contributed by atoms with Crippen molar-refractivity contribution in [3.8, 4) is 0 Å². The second-order valence-corrected chi connectivity index (χ2v) is 6.45. The summed E-state index contributed by atoms with van der Waals surface area (Å²) in [6.07, 6.45) is 1.96. The van der Waals surface area contributed by atoms with Gasteiger partial charge in [0, 0.05) is 22.7 Å². The summed E-state index contributed by atoms with van der Waals surface area (Å²) < 4.78 is 3.23. The van der Waals surface area contributed by atoms with E-state index >= 15 is 0 Å². The quantitative estimate of drug-likeness (QED) is 0.919. The molecule has 0 unspecified atom stereocenters. The normalized spacial score (nSPS) is 11.0. The van der Waals surface area contributed by atoms with Crippen LogP contribution in [-0.4, -0.2) is 16.3 Å². The lowest BCUT2D eigenvalue weighted by Gasteiger charge is -2.04. The van der Waals surface area contributed by atoms with Gasteiger partial charge in [-0.25, -0.2) is 0 Å². The van der Waals surface area contributed by atoms with E-state index in [1.165, 1.54) is 19.9 Å². The van der Waals surface area contributed by atoms with Gasteiger partial charge in [0.05, 0.1) is 16.5 Å². The lowest BCUT2D eigenvalue weighted by Crippen LogP contribution is -2.12. The maximum Gasteiger partial charge on any atom is 0.0755 e. The van der Waals surface area contributed by atoms with Gasteiger partial charge in [-0.2, -0.15) is 5.10 Å². The molecular weight excluding hydrogens is 298 g/mol. The fourth-order valence-electron chi connectivity index (χ4n) is 1.66. The molecule has 0 saturated heterocycles. The molecule has 0 radical (unpaired) electrons. The third-order valence-electron chi connectivity index (χ3n) is 2.70. The maximum atomic E-state index is 4.44. The zero-order valence-corrected chi connectivity index (χ0v) is 12.4. The number of halogens is 1. The van der Waals surface area contributed by atoms with Gasteiger partial charge in [0.2, 0.25) is 0 Å². The van der Waals surface area contributed by atoms with E-state index in [2.05, 4.69) is 57.0 Å². The van der Waals surface area contributed by atoms with Crippen molar-refractivity contribution in [3.05, 3.63) is 38.3 Å². The SMILES string of the molecule is CCNCc1cnn(Cc2ccc(Br)s2)c1C. The largest absolute Gasteiger partial charge is 0.313 e. The minimum Gasteiger partial charge on any atom is -0.313 e. The molecular formula is C12H16BrN3S. The topological polar surface area (TPSA) is 29.9 Å². The van der Waals surface area contributed by atoms with Crippen LogP contribution >= 0.6 is 27.3 Å². The average molecular weight is 314 g/mol. The second kappa shape index (κ2) is 5.80. The van der Waals surface area contributed by atoms with Crippen LogP contribution in [0, 0.1) is 6.92 Å². The minimum absolute atomic E-state index is 0.855. The van der Waals surface area contributed by atoms with Crippen LogP contribution in [0.5, 0.6) is 0 Å². The highest BCUT2D eigenvalue weighted by molar-refractivity contribution is 9.11. The molecule has 92 valence electrons. The van der Waals surface area contributed by atoms with Crippen LogP contribution in [0.25, 0.3) is 0 Å². The van der Waals surface area contributed by atoms with E-state index in [1.54, 1.807) is 11.3 Å². The van der Waals surface area contributed by atoms with E-state index < -0.39 is 0 Å². The van der Waals surface area contributed by atoms with Crippen molar-refractivity contribution in [2.75, 3.05) is 6.54 Å². The van der Waals surface area contributed by atoms with E-state index in [0.29, 0.717) is 0 Å². The van der Waals surface area contributed by atoms with Gasteiger partial charge in [-0.3, -0.25) is 4.68 Å². The smallest absolute Gasteiger partial charge is 0.0755 e. The van der Waals surface area contributed by atoms with Gasteiger partial charge in [-0.15, -0.1) is 11.3 Å². The van der Waals surface area contributed by atoms with E-state index in [9.17, 15) is 0 Å². The Morgan fingerprint density at radius 3 is 2.94 bits per heavy atom. The zero-order chi connectivity index (χ0) is 12.3. The molecule has 0 aromatic carbocycles. The molecule has 0 amide bonds. The zero-order valence-electron chi connectivity index (χ0n) is 10.0. The van der Waals surface area contributed by atoms with Gasteiger partial charge < -0.3 is 5.32 Å². The molecule has 2 heterocycles. The van der Waals surface area contributed by atoms with E-state index in [4.69, 9.17) is 0 Å². The van der Waals surface area contributed by atoms with Crippen molar-refractivity contribution >= 4 is 27.3 Å². The molecule has 0 aliphatic carbocycles. The molecule has 1 N–H and O–H groups in total. The van der Waals surface area contributed by atoms with Crippen molar-refractivity contribution in [2.24, 2.45) is 0 Å². The molecule has 0 bridgehead atoms. The second-order valence-electron chi connectivity index (χ2n) is 3.90. The van der Waals surface area contributed by atoms with Crippen LogP contribution in [0.2, 0.25) is 0 Å². The van der Waals surface area contributed by atoms with E-state index in [0.717, 1.165) is 19.6 Å². The summed E-state index contributed by atoms with van der Waals surface area (Å²) in [5.41, 5.74) is 2.53. The molecule has 0 spiro atoms. The first-order chi connectivity index (χ1) is 8.20. The predicted molar refractivity (Wildman–Crippen MR) is 75.5 cm³/mol. The molecule has 0 fully saturated rings. The standard InChI is InChI=1S/C12H16BrN3S/c1-3-14-6-10-7-15-16(9(10)2)8-11-4-5-12(13)17-11/h4-5,7,14H,3,6,8H2,1-2H3. The first-order valence-corrected chi connectivity index (χ1v) is 7.28. The molecule has 0 saturated carbocycles. The highest BCUT2D eigenvalue weighted by Gasteiger charge is 2.07. The minimum atomic E-state index is 0.855. The average Bonchev–Trinajstić information content (AvgIpc) is 2.86. The first-order valence-electron chi connectivity index (χ1n) is 5.67. The molecule has 0 aliphatic heterocycles. The Hall–Kier alpha value is -0.650. The van der Waals surface area contributed by atoms with Crippen LogP contribution in [0.15, 0.2) is 22.1 Å². The number of rotatable bonds is 5. The molecule has 0 atom stereocenters. The fraction of sp³-hybridized carbons (Fsp3) is 0.417. The Balaban J connectivity index is 2.09. The Bertz CT molecular complexity index is 490. The number of hydrogen-bond acceptors (Lipinski definition) is 3. The van der Waals surface area contributed by atoms with Gasteiger partial charge in [-0.05, 0) is 41.5 Å². The van der Waals surface area contributed by atoms with Crippen molar-refractivity contribution in [1.82, 2.24) is 15.1 Å². The number of thiophene rings is 1. The van der Waals surface area contributed by atoms with Gasteiger partial charge >= 0.3 is 0 Å². The van der Waals surface area contributed by atoms with Crippen molar-refractivity contribution in [3.63, 3.8) is 0 Å². The van der Waals surface area contributed by atoms with Crippen molar-refractivity contribution < 1.29 is 0 Å². The Labute approximate surface area is 114 Å². The van der Waals surface area contributed by atoms with Gasteiger partial charge in [-0.1, -0.05) is 6.92 Å². The Morgan fingerprint density at radius 1 is 1.47 bits per heavy atom. The molecule has 17 heavy (non-hydrogen) atoms. The maximum absolute atomic E-state index is 4.44. The lowest BCUT2D eigenvalue weighted by molar-refractivity contribution is 0.665. The Morgan fingerprint density at radius 2 is 2.29 bits per heavy atom. The van der Waals surface area contributed by atoms with Gasteiger partial charge in [0.25, 0.3) is 0 Å². The molecule has 5 heteroatoms. The summed E-state index contributed by atoms with van der Waals surface area (Å²) in [4.78, 5) is 1.32. The first kappa shape index (κ1) is 12.8. The highest BCUT2D eigenvalue weighted by atomic mass is 79.9. The van der Waals surface area contributed by atoms with Crippen LogP contribution in [0.3, 0.4) is 0 Å². The van der Waals surface area contributed by atoms with Crippen LogP contribution in [0.4, 0.5) is 0 Å². The monoisotopic (exact) mass is 313 g/mol. The molecule has 3 nitrogen and oxygen atoms in total. The van der Waals surface area contributed by atoms with Crippen LogP contribution in [0.1, 0.15) is 23.1 Å². The molecule has 2 aromatic heterocycles. The number of nitrogens with zero attached hydrogens (tertiary/aromatic N) is 2. The van der Waals surface area contributed by atoms with Crippen LogP contribution < -0.4 is 5.32 Å². The third kappa shape index (κ3) is 3.18. The summed E-state index contributed by atoms with van der Waals surface area (Å²) >= 11 is 5.24. The highest BCUT2D eigenvalue weighted by Crippen LogP contribution is 2.23. The summed E-state index contributed by atoms with van der Waals surface area (Å²) in [5, 5.41) is 7.77. The summed E-state index contributed by atoms with van der Waals surface area (Å²) in [5.74, 6) is 0. The van der Waals surface area contributed by atoms with Crippen molar-refractivity contribution in [1.29, 1.82) is 0 Å². The summed E-state index contributed by atoms with van der Waals surface area (Å²) in [6.45, 7) is 6.98.